The van der Waals surface area contributed by atoms with Gasteiger partial charge in [0, 0.05) is 17.3 Å². The molecule has 2 aromatic carbocycles. The Hall–Kier alpha value is -3.69. The summed E-state index contributed by atoms with van der Waals surface area (Å²) in [6.07, 6.45) is 1.65. The van der Waals surface area contributed by atoms with Gasteiger partial charge >= 0.3 is 0 Å². The number of anilines is 1. The largest absolute Gasteiger partial charge is 0.486 e. The van der Waals surface area contributed by atoms with Crippen molar-refractivity contribution in [1.29, 1.82) is 0 Å². The highest BCUT2D eigenvalue weighted by Crippen LogP contribution is 2.31. The normalized spacial score (nSPS) is 12.4. The first-order valence-electron chi connectivity index (χ1n) is 9.60. The van der Waals surface area contributed by atoms with Crippen molar-refractivity contribution in [3.05, 3.63) is 65.3 Å². The van der Waals surface area contributed by atoms with Crippen LogP contribution in [0.25, 0.3) is 22.7 Å². The number of nitrogens with zero attached hydrogens (tertiary/aromatic N) is 2. The van der Waals surface area contributed by atoms with Crippen molar-refractivity contribution in [2.75, 3.05) is 18.5 Å². The van der Waals surface area contributed by atoms with Gasteiger partial charge in [-0.05, 0) is 60.7 Å². The van der Waals surface area contributed by atoms with Crippen molar-refractivity contribution in [2.24, 2.45) is 0 Å². The Kier molecular flexibility index (Phi) is 5.34. The van der Waals surface area contributed by atoms with Gasteiger partial charge in [0.1, 0.15) is 13.2 Å². The van der Waals surface area contributed by atoms with Gasteiger partial charge in [0.15, 0.2) is 27.8 Å². The number of rotatable bonds is 3. The van der Waals surface area contributed by atoms with Gasteiger partial charge in [-0.1, -0.05) is 11.6 Å². The van der Waals surface area contributed by atoms with Crippen molar-refractivity contribution in [3.63, 3.8) is 0 Å². The summed E-state index contributed by atoms with van der Waals surface area (Å²) in [5.41, 5.74) is 2.64. The van der Waals surface area contributed by atoms with Gasteiger partial charge in [-0.15, -0.1) is 0 Å². The molecule has 1 amide bonds. The molecule has 8 nitrogen and oxygen atoms in total. The highest BCUT2D eigenvalue weighted by molar-refractivity contribution is 7.80. The Morgan fingerprint density at radius 2 is 1.91 bits per heavy atom. The van der Waals surface area contributed by atoms with Crippen LogP contribution in [0.5, 0.6) is 11.5 Å². The van der Waals surface area contributed by atoms with Crippen LogP contribution < -0.4 is 20.1 Å². The summed E-state index contributed by atoms with van der Waals surface area (Å²) in [5.74, 6) is 1.12. The summed E-state index contributed by atoms with van der Waals surface area (Å²) in [6, 6.07) is 13.7. The van der Waals surface area contributed by atoms with E-state index in [2.05, 4.69) is 20.6 Å². The zero-order valence-electron chi connectivity index (χ0n) is 16.4. The number of benzene rings is 2. The highest BCUT2D eigenvalue weighted by atomic mass is 35.5. The lowest BCUT2D eigenvalue weighted by molar-refractivity contribution is 0.0976. The van der Waals surface area contributed by atoms with Gasteiger partial charge in [0.25, 0.3) is 5.91 Å². The van der Waals surface area contributed by atoms with Crippen molar-refractivity contribution >= 4 is 51.8 Å². The molecule has 1 aliphatic heterocycles. The Morgan fingerprint density at radius 1 is 1.06 bits per heavy atom. The molecule has 1 aliphatic rings. The molecule has 10 heteroatoms. The van der Waals surface area contributed by atoms with E-state index in [4.69, 9.17) is 37.7 Å². The number of carbonyl (C=O) groups is 1. The van der Waals surface area contributed by atoms with E-state index < -0.39 is 5.91 Å². The van der Waals surface area contributed by atoms with Gasteiger partial charge in [0.2, 0.25) is 5.89 Å². The molecule has 0 saturated heterocycles. The lowest BCUT2D eigenvalue weighted by Crippen LogP contribution is -2.34. The standard InChI is InChI=1S/C22H15ClN4O4S/c23-14-5-3-13(21-26-19-17(31-21)2-1-7-24-19)10-15(14)25-22(32)27-20(28)12-4-6-16-18(11-12)30-9-8-29-16/h1-7,10-11H,8-9H2,(H2,25,27,28,32). The number of fused-ring (bicyclic) bond motifs is 2. The molecule has 2 N–H and O–H groups in total. The number of nitrogens with one attached hydrogen (secondary N) is 2. The molecule has 4 aromatic rings. The third-order valence-electron chi connectivity index (χ3n) is 4.66. The van der Waals surface area contributed by atoms with E-state index in [1.54, 1.807) is 54.7 Å². The van der Waals surface area contributed by atoms with Crippen LogP contribution in [0, 0.1) is 0 Å². The molecule has 160 valence electrons. The molecular formula is C22H15ClN4O4S. The van der Waals surface area contributed by atoms with Crippen LogP contribution in [0.2, 0.25) is 5.02 Å². The number of thiocarbonyl (C=S) groups is 1. The van der Waals surface area contributed by atoms with Crippen LogP contribution in [0.3, 0.4) is 0 Å². The molecule has 0 bridgehead atoms. The van der Waals surface area contributed by atoms with Crippen molar-refractivity contribution in [1.82, 2.24) is 15.3 Å². The number of hydrogen-bond acceptors (Lipinski definition) is 7. The first-order chi connectivity index (χ1) is 15.6. The van der Waals surface area contributed by atoms with E-state index in [9.17, 15) is 4.79 Å². The number of pyridine rings is 1. The van der Waals surface area contributed by atoms with Gasteiger partial charge in [-0.3, -0.25) is 10.1 Å². The van der Waals surface area contributed by atoms with Crippen molar-refractivity contribution in [3.8, 4) is 23.0 Å². The summed E-state index contributed by atoms with van der Waals surface area (Å²) < 4.78 is 16.7. The lowest BCUT2D eigenvalue weighted by Gasteiger charge is -2.18. The van der Waals surface area contributed by atoms with Gasteiger partial charge in [0.05, 0.1) is 10.7 Å². The molecule has 3 heterocycles. The van der Waals surface area contributed by atoms with Crippen LogP contribution in [-0.2, 0) is 0 Å². The fraction of sp³-hybridized carbons (Fsp3) is 0.0909. The minimum absolute atomic E-state index is 0.0863. The summed E-state index contributed by atoms with van der Waals surface area (Å²) in [6.45, 7) is 0.912. The maximum atomic E-state index is 12.6. The zero-order valence-corrected chi connectivity index (χ0v) is 18.0. The van der Waals surface area contributed by atoms with E-state index in [1.165, 1.54) is 0 Å². The van der Waals surface area contributed by atoms with Gasteiger partial charge in [-0.2, -0.15) is 4.98 Å². The SMILES string of the molecule is O=C(NC(=S)Nc1cc(-c2nc3ncccc3o2)ccc1Cl)c1ccc2c(c1)OCCO2. The first-order valence-corrected chi connectivity index (χ1v) is 10.4. The fourth-order valence-corrected chi connectivity index (χ4v) is 3.53. The third-order valence-corrected chi connectivity index (χ3v) is 5.19. The molecule has 5 rings (SSSR count). The second-order valence-corrected chi connectivity index (χ2v) is 7.62. The number of halogens is 1. The Bertz CT molecular complexity index is 1320. The van der Waals surface area contributed by atoms with Crippen LogP contribution in [0.4, 0.5) is 5.69 Å². The monoisotopic (exact) mass is 466 g/mol. The lowest BCUT2D eigenvalue weighted by atomic mass is 10.2. The number of amides is 1. The molecule has 0 radical (unpaired) electrons. The molecule has 2 aromatic heterocycles. The molecule has 0 atom stereocenters. The average Bonchev–Trinajstić information content (AvgIpc) is 3.24. The number of hydrogen-bond donors (Lipinski definition) is 2. The van der Waals surface area contributed by atoms with E-state index in [-0.39, 0.29) is 5.11 Å². The fourth-order valence-electron chi connectivity index (χ4n) is 3.16. The highest BCUT2D eigenvalue weighted by Gasteiger charge is 2.17. The summed E-state index contributed by atoms with van der Waals surface area (Å²) in [7, 11) is 0. The minimum atomic E-state index is -0.392. The zero-order chi connectivity index (χ0) is 22.1. The topological polar surface area (TPSA) is 98.5 Å². The van der Waals surface area contributed by atoms with Crippen LogP contribution in [0.15, 0.2) is 59.1 Å². The van der Waals surface area contributed by atoms with Crippen molar-refractivity contribution in [2.45, 2.75) is 0 Å². The number of aromatic nitrogens is 2. The maximum Gasteiger partial charge on any atom is 0.257 e. The van der Waals surface area contributed by atoms with E-state index in [0.717, 1.165) is 0 Å². The third kappa shape index (κ3) is 4.08. The molecular weight excluding hydrogens is 452 g/mol. The van der Waals surface area contributed by atoms with Gasteiger partial charge in [-0.25, -0.2) is 4.98 Å². The molecule has 0 unspecified atom stereocenters. The maximum absolute atomic E-state index is 12.6. The minimum Gasteiger partial charge on any atom is -0.486 e. The van der Waals surface area contributed by atoms with Crippen molar-refractivity contribution < 1.29 is 18.7 Å². The smallest absolute Gasteiger partial charge is 0.257 e. The van der Waals surface area contributed by atoms with E-state index in [1.807, 2.05) is 0 Å². The summed E-state index contributed by atoms with van der Waals surface area (Å²) in [4.78, 5) is 21.2. The van der Waals surface area contributed by atoms with Crippen LogP contribution in [0.1, 0.15) is 10.4 Å². The molecule has 32 heavy (non-hydrogen) atoms. The molecule has 0 spiro atoms. The Labute approximate surface area is 192 Å². The first kappa shape index (κ1) is 20.2. The second kappa shape index (κ2) is 8.45. The van der Waals surface area contributed by atoms with Crippen LogP contribution in [-0.4, -0.2) is 34.2 Å². The molecule has 0 aliphatic carbocycles. The Morgan fingerprint density at radius 3 is 2.75 bits per heavy atom. The van der Waals surface area contributed by atoms with E-state index in [0.29, 0.717) is 63.7 Å². The molecule has 0 fully saturated rings. The second-order valence-electron chi connectivity index (χ2n) is 6.81. The Balaban J connectivity index is 1.32. The predicted molar refractivity (Wildman–Crippen MR) is 123 cm³/mol. The van der Waals surface area contributed by atoms with Gasteiger partial charge < -0.3 is 19.2 Å². The number of ether oxygens (including phenoxy) is 2. The average molecular weight is 467 g/mol. The number of carbonyl (C=O) groups excluding carboxylic acids is 1. The summed E-state index contributed by atoms with van der Waals surface area (Å²) >= 11 is 11.6. The van der Waals surface area contributed by atoms with E-state index >= 15 is 0 Å². The predicted octanol–water partition coefficient (Wildman–Crippen LogP) is 4.44. The number of oxazole rings is 1. The molecule has 0 saturated carbocycles. The quantitative estimate of drug-likeness (QED) is 0.427. The van der Waals surface area contributed by atoms with Crippen LogP contribution >= 0.6 is 23.8 Å². The summed E-state index contributed by atoms with van der Waals surface area (Å²) in [5, 5.41) is 6.08.